The number of rotatable bonds is 2. The number of ketones is 1. The molecule has 0 bridgehead atoms. The van der Waals surface area contributed by atoms with Gasteiger partial charge in [-0.25, -0.2) is 12.1 Å². The van der Waals surface area contributed by atoms with Gasteiger partial charge >= 0.3 is 0 Å². The van der Waals surface area contributed by atoms with Gasteiger partial charge in [-0.05, 0) is 11.0 Å². The van der Waals surface area contributed by atoms with Gasteiger partial charge in [0, 0.05) is 17.1 Å². The largest absolute Gasteiger partial charge is 0.346 e. The molecule has 0 heterocycles. The van der Waals surface area contributed by atoms with Crippen molar-refractivity contribution in [1.29, 1.82) is 0 Å². The van der Waals surface area contributed by atoms with Crippen LogP contribution < -0.4 is 0 Å². The first kappa shape index (κ1) is 19.2. The molecule has 23 heavy (non-hydrogen) atoms. The first-order valence-corrected chi connectivity index (χ1v) is 7.53. The van der Waals surface area contributed by atoms with Gasteiger partial charge in [0.15, 0.2) is 0 Å². The molecule has 0 N–H and O–H groups in total. The van der Waals surface area contributed by atoms with Crippen molar-refractivity contribution in [2.45, 2.75) is 26.2 Å². The zero-order chi connectivity index (χ0) is 16.0. The van der Waals surface area contributed by atoms with Gasteiger partial charge in [-0.1, -0.05) is 51.1 Å². The second-order valence-corrected chi connectivity index (χ2v) is 6.26. The summed E-state index contributed by atoms with van der Waals surface area (Å²) in [6.45, 7) is 6.39. The van der Waals surface area contributed by atoms with Crippen LogP contribution >= 0.6 is 0 Å². The van der Waals surface area contributed by atoms with Crippen molar-refractivity contribution in [3.63, 3.8) is 0 Å². The molecule has 0 atom stereocenters. The summed E-state index contributed by atoms with van der Waals surface area (Å²) < 4.78 is 0. The summed E-state index contributed by atoms with van der Waals surface area (Å²) in [5.41, 5.74) is 2.70. The molecule has 0 saturated heterocycles. The smallest absolute Gasteiger partial charge is 0.107 e. The molecule has 122 valence electrons. The van der Waals surface area contributed by atoms with Crippen LogP contribution in [0.15, 0.2) is 78.9 Å². The van der Waals surface area contributed by atoms with Gasteiger partial charge < -0.3 is 4.79 Å². The summed E-state index contributed by atoms with van der Waals surface area (Å²) in [4.78, 5) is 12.4. The molecule has 0 aromatic heterocycles. The van der Waals surface area contributed by atoms with Crippen LogP contribution in [-0.4, -0.2) is 5.78 Å². The molecule has 0 saturated carbocycles. The molecule has 0 radical (unpaired) electrons. The fourth-order valence-electron chi connectivity index (χ4n) is 2.34. The van der Waals surface area contributed by atoms with E-state index in [4.69, 9.17) is 0 Å². The molecule has 2 heteroatoms. The summed E-state index contributed by atoms with van der Waals surface area (Å²) in [6.07, 6.45) is 0. The summed E-state index contributed by atoms with van der Waals surface area (Å²) in [7, 11) is 0. The molecule has 0 fully saturated rings. The third kappa shape index (κ3) is 5.35. The summed E-state index contributed by atoms with van der Waals surface area (Å²) in [6, 6.07) is 25.3. The first-order valence-electron chi connectivity index (χ1n) is 7.53. The van der Waals surface area contributed by atoms with Crippen LogP contribution in [0.4, 0.5) is 0 Å². The van der Waals surface area contributed by atoms with Crippen LogP contribution in [0, 0.1) is 0 Å². The fraction of sp³-hybridized carbons (Fsp3) is 0.190. The number of carbonyl (C=O) groups is 1. The fourth-order valence-corrected chi connectivity index (χ4v) is 2.34. The van der Waals surface area contributed by atoms with E-state index in [9.17, 15) is 4.79 Å². The van der Waals surface area contributed by atoms with Crippen molar-refractivity contribution in [2.75, 3.05) is 0 Å². The van der Waals surface area contributed by atoms with E-state index in [1.807, 2.05) is 78.9 Å². The summed E-state index contributed by atoms with van der Waals surface area (Å²) in [5, 5.41) is 0. The Morgan fingerprint density at radius 2 is 1.52 bits per heavy atom. The molecule has 0 aliphatic rings. The predicted molar refractivity (Wildman–Crippen MR) is 92.6 cm³/mol. The van der Waals surface area contributed by atoms with Crippen LogP contribution in [0.2, 0.25) is 0 Å². The van der Waals surface area contributed by atoms with Gasteiger partial charge in [0.2, 0.25) is 0 Å². The molecule has 3 aromatic carbocycles. The summed E-state index contributed by atoms with van der Waals surface area (Å²) in [5.74, 6) is 0.112. The van der Waals surface area contributed by atoms with Crippen molar-refractivity contribution in [3.8, 4) is 0 Å². The average molecular weight is 346 g/mol. The monoisotopic (exact) mass is 346 g/mol. The van der Waals surface area contributed by atoms with E-state index < -0.39 is 0 Å². The molecule has 0 amide bonds. The topological polar surface area (TPSA) is 17.1 Å². The van der Waals surface area contributed by atoms with E-state index in [-0.39, 0.29) is 28.3 Å². The maximum Gasteiger partial charge on any atom is 0.107 e. The van der Waals surface area contributed by atoms with Crippen molar-refractivity contribution in [2.24, 2.45) is 0 Å². The Balaban J connectivity index is 0.000000377. The van der Waals surface area contributed by atoms with Crippen molar-refractivity contribution in [3.05, 3.63) is 95.6 Å². The van der Waals surface area contributed by atoms with E-state index in [0.29, 0.717) is 0 Å². The quantitative estimate of drug-likeness (QED) is 0.348. The molecule has 0 aliphatic heterocycles. The van der Waals surface area contributed by atoms with Crippen LogP contribution in [0.1, 0.15) is 42.3 Å². The minimum atomic E-state index is 0. The third-order valence-electron chi connectivity index (χ3n) is 3.46. The Hall–Kier alpha value is -1.89. The SMILES string of the molecule is CC(C)(C)[c-]1cccc1C(=O)c1ccccc1.[Fe].c1cc[cH-]c1. The van der Waals surface area contributed by atoms with Gasteiger partial charge in [-0.3, -0.25) is 0 Å². The second-order valence-electron chi connectivity index (χ2n) is 6.26. The third-order valence-corrected chi connectivity index (χ3v) is 3.46. The van der Waals surface area contributed by atoms with Crippen molar-refractivity contribution in [1.82, 2.24) is 0 Å². The van der Waals surface area contributed by atoms with E-state index in [2.05, 4.69) is 20.8 Å². The van der Waals surface area contributed by atoms with Crippen molar-refractivity contribution < 1.29 is 21.9 Å². The minimum absolute atomic E-state index is 0. The Morgan fingerprint density at radius 1 is 0.913 bits per heavy atom. The number of hydrogen-bond donors (Lipinski definition) is 0. The Bertz CT molecular complexity index is 668. The van der Waals surface area contributed by atoms with Gasteiger partial charge in [0.1, 0.15) is 5.78 Å². The summed E-state index contributed by atoms with van der Waals surface area (Å²) >= 11 is 0. The molecular weight excluding hydrogens is 324 g/mol. The molecular formula is C21H22FeO-2. The number of carbonyl (C=O) groups excluding carboxylic acids is 1. The van der Waals surface area contributed by atoms with E-state index in [1.54, 1.807) is 0 Å². The molecule has 3 rings (SSSR count). The minimum Gasteiger partial charge on any atom is -0.346 e. The van der Waals surface area contributed by atoms with Gasteiger partial charge in [0.05, 0.1) is 0 Å². The first-order chi connectivity index (χ1) is 10.5. The molecule has 0 unspecified atom stereocenters. The zero-order valence-corrected chi connectivity index (χ0v) is 14.9. The Kier molecular flexibility index (Phi) is 7.22. The van der Waals surface area contributed by atoms with Crippen LogP contribution in [0.5, 0.6) is 0 Å². The molecule has 1 nitrogen and oxygen atoms in total. The van der Waals surface area contributed by atoms with Gasteiger partial charge in [-0.2, -0.15) is 30.3 Å². The van der Waals surface area contributed by atoms with Crippen LogP contribution in [0.3, 0.4) is 0 Å². The second kappa shape index (κ2) is 8.67. The average Bonchev–Trinajstić information content (AvgIpc) is 3.20. The number of benzene rings is 1. The van der Waals surface area contributed by atoms with E-state index in [0.717, 1.165) is 16.7 Å². The Labute approximate surface area is 149 Å². The standard InChI is InChI=1S/C16H17O.C5H5.Fe/c1-16(2,3)14-11-7-10-13(14)15(17)12-8-5-4-6-9-12;1-2-4-5-3-1;/h4-11H,1-3H3;1-5H;/q2*-1;. The molecule has 0 spiro atoms. The number of hydrogen-bond acceptors (Lipinski definition) is 1. The maximum atomic E-state index is 12.4. The van der Waals surface area contributed by atoms with Gasteiger partial charge in [-0.15, -0.1) is 17.2 Å². The predicted octanol–water partition coefficient (Wildman–Crippen LogP) is 5.34. The molecule has 3 aromatic rings. The zero-order valence-electron chi connectivity index (χ0n) is 13.8. The van der Waals surface area contributed by atoms with Crippen LogP contribution in [0.25, 0.3) is 0 Å². The van der Waals surface area contributed by atoms with E-state index >= 15 is 0 Å². The molecule has 0 aliphatic carbocycles. The van der Waals surface area contributed by atoms with Crippen molar-refractivity contribution >= 4 is 5.78 Å². The maximum absolute atomic E-state index is 12.4. The normalized spacial score (nSPS) is 10.2. The van der Waals surface area contributed by atoms with E-state index in [1.165, 1.54) is 0 Å². The van der Waals surface area contributed by atoms with Gasteiger partial charge in [0.25, 0.3) is 0 Å². The Morgan fingerprint density at radius 3 is 2.00 bits per heavy atom. The van der Waals surface area contributed by atoms with Crippen LogP contribution in [-0.2, 0) is 22.5 Å².